The first kappa shape index (κ1) is 21.9. The van der Waals surface area contributed by atoms with Crippen molar-refractivity contribution in [2.45, 2.75) is 30.6 Å². The molecule has 0 unspecified atom stereocenters. The van der Waals surface area contributed by atoms with Gasteiger partial charge in [0.05, 0.1) is 4.90 Å². The number of carbonyl (C=O) groups excluding carboxylic acids is 1. The van der Waals surface area contributed by atoms with Gasteiger partial charge in [0.25, 0.3) is 5.91 Å². The maximum absolute atomic E-state index is 12.1. The number of halogens is 1. The van der Waals surface area contributed by atoms with E-state index < -0.39 is 10.0 Å². The Hall–Kier alpha value is -1.15. The van der Waals surface area contributed by atoms with E-state index in [1.54, 1.807) is 12.1 Å². The van der Waals surface area contributed by atoms with Gasteiger partial charge in [-0.3, -0.25) is 4.79 Å². The predicted octanol–water partition coefficient (Wildman–Crippen LogP) is 1.96. The van der Waals surface area contributed by atoms with Crippen molar-refractivity contribution in [2.75, 3.05) is 40.3 Å². The van der Waals surface area contributed by atoms with E-state index in [0.717, 1.165) is 23.7 Å². The van der Waals surface area contributed by atoms with Crippen LogP contribution in [-0.4, -0.2) is 63.8 Å². The number of hydrogen-bond acceptors (Lipinski definition) is 4. The van der Waals surface area contributed by atoms with Crippen molar-refractivity contribution >= 4 is 28.3 Å². The van der Waals surface area contributed by atoms with Crippen molar-refractivity contribution in [3.63, 3.8) is 0 Å². The maximum Gasteiger partial charge on any atom is 0.251 e. The summed E-state index contributed by atoms with van der Waals surface area (Å²) in [5, 5.41) is 2.89. The average molecular weight is 390 g/mol. The number of nitrogens with zero attached hydrogens (tertiary/aromatic N) is 2. The minimum Gasteiger partial charge on any atom is -0.352 e. The molecular formula is C17H28ClN3O3S. The molecule has 0 atom stereocenters. The van der Waals surface area contributed by atoms with Gasteiger partial charge in [-0.25, -0.2) is 12.7 Å². The summed E-state index contributed by atoms with van der Waals surface area (Å²) in [5.41, 5.74) is 0.479. The van der Waals surface area contributed by atoms with Crippen LogP contribution in [0.25, 0.3) is 0 Å². The first-order chi connectivity index (χ1) is 11.4. The summed E-state index contributed by atoms with van der Waals surface area (Å²) in [7, 11) is -0.486. The molecule has 1 fully saturated rings. The third kappa shape index (κ3) is 6.26. The monoisotopic (exact) mass is 389 g/mol. The summed E-state index contributed by atoms with van der Waals surface area (Å²) in [6.07, 6.45) is 4.64. The maximum atomic E-state index is 12.1. The van der Waals surface area contributed by atoms with Crippen LogP contribution in [0.5, 0.6) is 0 Å². The predicted molar refractivity (Wildman–Crippen MR) is 102 cm³/mol. The van der Waals surface area contributed by atoms with E-state index in [-0.39, 0.29) is 23.2 Å². The fraction of sp³-hybridized carbons (Fsp3) is 0.588. The Morgan fingerprint density at radius 1 is 1.12 bits per heavy atom. The minimum atomic E-state index is -3.45. The molecule has 0 saturated carbocycles. The van der Waals surface area contributed by atoms with Crippen LogP contribution in [-0.2, 0) is 10.0 Å². The highest BCUT2D eigenvalue weighted by molar-refractivity contribution is 7.89. The highest BCUT2D eigenvalue weighted by Crippen LogP contribution is 2.14. The van der Waals surface area contributed by atoms with Gasteiger partial charge >= 0.3 is 0 Å². The Kier molecular flexibility index (Phi) is 8.85. The molecule has 1 aromatic rings. The highest BCUT2D eigenvalue weighted by Gasteiger charge is 2.17. The first-order valence-corrected chi connectivity index (χ1v) is 9.88. The lowest BCUT2D eigenvalue weighted by Gasteiger charge is -2.14. The van der Waals surface area contributed by atoms with Gasteiger partial charge in [0, 0.05) is 26.2 Å². The van der Waals surface area contributed by atoms with E-state index in [9.17, 15) is 13.2 Å². The number of nitrogens with one attached hydrogen (secondary N) is 1. The lowest BCUT2D eigenvalue weighted by molar-refractivity contribution is 0.0952. The van der Waals surface area contributed by atoms with E-state index in [1.807, 2.05) is 0 Å². The molecule has 6 nitrogen and oxygen atoms in total. The van der Waals surface area contributed by atoms with Crippen LogP contribution < -0.4 is 5.32 Å². The molecule has 1 aromatic carbocycles. The van der Waals surface area contributed by atoms with Gasteiger partial charge in [0.2, 0.25) is 10.0 Å². The Bertz CT molecular complexity index is 642. The molecular weight excluding hydrogens is 362 g/mol. The number of sulfonamides is 1. The number of likely N-dealkylation sites (tertiary alicyclic amines) is 1. The third-order valence-electron chi connectivity index (χ3n) is 4.28. The van der Waals surface area contributed by atoms with Crippen molar-refractivity contribution in [3.8, 4) is 0 Å². The molecule has 1 heterocycles. The molecule has 1 aliphatic rings. The van der Waals surface area contributed by atoms with Crippen molar-refractivity contribution in [1.82, 2.24) is 14.5 Å². The van der Waals surface area contributed by atoms with Crippen molar-refractivity contribution in [3.05, 3.63) is 29.8 Å². The average Bonchev–Trinajstić information content (AvgIpc) is 3.07. The van der Waals surface area contributed by atoms with Crippen LogP contribution >= 0.6 is 12.4 Å². The van der Waals surface area contributed by atoms with Gasteiger partial charge in [-0.05, 0) is 69.6 Å². The fourth-order valence-corrected chi connectivity index (χ4v) is 3.66. The number of hydrogen-bond donors (Lipinski definition) is 1. The van der Waals surface area contributed by atoms with Crippen molar-refractivity contribution in [1.29, 1.82) is 0 Å². The van der Waals surface area contributed by atoms with Gasteiger partial charge in [0.1, 0.15) is 0 Å². The molecule has 1 saturated heterocycles. The first-order valence-electron chi connectivity index (χ1n) is 8.44. The van der Waals surface area contributed by atoms with Crippen molar-refractivity contribution in [2.24, 2.45) is 0 Å². The van der Waals surface area contributed by atoms with Crippen LogP contribution in [0.4, 0.5) is 0 Å². The SMILES string of the molecule is CN(C)S(=O)(=O)c1ccc(C(=O)NCCCCN2CCCC2)cc1.Cl. The summed E-state index contributed by atoms with van der Waals surface area (Å²) in [4.78, 5) is 14.7. The molecule has 8 heteroatoms. The van der Waals surface area contributed by atoms with Crippen LogP contribution in [0.2, 0.25) is 0 Å². The molecule has 2 rings (SSSR count). The summed E-state index contributed by atoms with van der Waals surface area (Å²) in [5.74, 6) is -0.162. The smallest absolute Gasteiger partial charge is 0.251 e. The van der Waals surface area contributed by atoms with E-state index in [0.29, 0.717) is 12.1 Å². The second-order valence-electron chi connectivity index (χ2n) is 6.32. The van der Waals surface area contributed by atoms with Crippen LogP contribution in [0, 0.1) is 0 Å². The standard InChI is InChI=1S/C17H27N3O3S.ClH/c1-19(2)24(22,23)16-9-7-15(8-10-16)17(21)18-11-3-4-12-20-13-5-6-14-20;/h7-10H,3-6,11-14H2,1-2H3,(H,18,21);1H. The summed E-state index contributed by atoms with van der Waals surface area (Å²) in [6.45, 7) is 4.15. The second-order valence-corrected chi connectivity index (χ2v) is 8.48. The largest absolute Gasteiger partial charge is 0.352 e. The minimum absolute atomic E-state index is 0. The van der Waals surface area contributed by atoms with Gasteiger partial charge in [-0.1, -0.05) is 0 Å². The van der Waals surface area contributed by atoms with Crippen LogP contribution in [0.1, 0.15) is 36.0 Å². The molecule has 1 amide bonds. The zero-order valence-electron chi connectivity index (χ0n) is 14.9. The molecule has 1 aliphatic heterocycles. The van der Waals surface area contributed by atoms with Crippen LogP contribution in [0.3, 0.4) is 0 Å². The Labute approximate surface area is 157 Å². The number of amides is 1. The van der Waals surface area contributed by atoms with E-state index in [2.05, 4.69) is 10.2 Å². The second kappa shape index (κ2) is 10.1. The molecule has 0 bridgehead atoms. The molecule has 142 valence electrons. The zero-order chi connectivity index (χ0) is 17.6. The van der Waals surface area contributed by atoms with Crippen LogP contribution in [0.15, 0.2) is 29.2 Å². The van der Waals surface area contributed by atoms with E-state index >= 15 is 0 Å². The topological polar surface area (TPSA) is 69.7 Å². The molecule has 1 N–H and O–H groups in total. The molecule has 25 heavy (non-hydrogen) atoms. The molecule has 0 radical (unpaired) electrons. The van der Waals surface area contributed by atoms with Gasteiger partial charge in [-0.15, -0.1) is 12.4 Å². The Morgan fingerprint density at radius 3 is 2.28 bits per heavy atom. The quantitative estimate of drug-likeness (QED) is 0.690. The van der Waals surface area contributed by atoms with Gasteiger partial charge in [0.15, 0.2) is 0 Å². The van der Waals surface area contributed by atoms with Gasteiger partial charge in [-0.2, -0.15) is 0 Å². The van der Waals surface area contributed by atoms with E-state index in [4.69, 9.17) is 0 Å². The highest BCUT2D eigenvalue weighted by atomic mass is 35.5. The lowest BCUT2D eigenvalue weighted by atomic mass is 10.2. The zero-order valence-corrected chi connectivity index (χ0v) is 16.5. The number of unbranched alkanes of at least 4 members (excludes halogenated alkanes) is 1. The normalized spacial score (nSPS) is 15.2. The van der Waals surface area contributed by atoms with Crippen molar-refractivity contribution < 1.29 is 13.2 Å². The van der Waals surface area contributed by atoms with E-state index in [1.165, 1.54) is 52.2 Å². The summed E-state index contributed by atoms with van der Waals surface area (Å²) in [6, 6.07) is 6.04. The Morgan fingerprint density at radius 2 is 1.72 bits per heavy atom. The lowest BCUT2D eigenvalue weighted by Crippen LogP contribution is -2.26. The summed E-state index contributed by atoms with van der Waals surface area (Å²) >= 11 is 0. The molecule has 0 spiro atoms. The third-order valence-corrected chi connectivity index (χ3v) is 6.11. The van der Waals surface area contributed by atoms with Gasteiger partial charge < -0.3 is 10.2 Å². The molecule has 0 aromatic heterocycles. The summed E-state index contributed by atoms with van der Waals surface area (Å²) < 4.78 is 25.1. The number of rotatable bonds is 8. The molecule has 0 aliphatic carbocycles. The fourth-order valence-electron chi connectivity index (χ4n) is 2.76. The number of carbonyl (C=O) groups is 1. The number of benzene rings is 1. The Balaban J connectivity index is 0.00000312.